The zero-order chi connectivity index (χ0) is 48.4. The summed E-state index contributed by atoms with van der Waals surface area (Å²) in [6, 6.07) is 94.2. The minimum Gasteiger partial charge on any atom is -0.456 e. The Labute approximate surface area is 425 Å². The normalized spacial score (nSPS) is 15.2. The number of furan rings is 1. The van der Waals surface area contributed by atoms with Gasteiger partial charge >= 0.3 is 0 Å². The van der Waals surface area contributed by atoms with E-state index >= 15 is 0 Å². The molecule has 0 saturated heterocycles. The van der Waals surface area contributed by atoms with Crippen molar-refractivity contribution in [3.63, 3.8) is 0 Å². The maximum atomic E-state index is 6.53. The minimum atomic E-state index is -0.624. The molecule has 3 heteroatoms. The van der Waals surface area contributed by atoms with E-state index in [0.717, 1.165) is 56.1 Å². The van der Waals surface area contributed by atoms with Gasteiger partial charge in [-0.15, -0.1) is 0 Å². The van der Waals surface area contributed by atoms with Crippen molar-refractivity contribution < 1.29 is 4.42 Å². The van der Waals surface area contributed by atoms with E-state index in [1.165, 1.54) is 77.9 Å². The van der Waals surface area contributed by atoms with Crippen LogP contribution in [0, 0.1) is 0 Å². The molecule has 1 heterocycles. The molecule has 3 nitrogen and oxygen atoms in total. The van der Waals surface area contributed by atoms with Crippen LogP contribution in [0.4, 0.5) is 34.1 Å². The fourth-order valence-electron chi connectivity index (χ4n) is 13.1. The highest BCUT2D eigenvalue weighted by Gasteiger charge is 2.52. The molecule has 344 valence electrons. The highest BCUT2D eigenvalue weighted by atomic mass is 16.3. The Bertz CT molecular complexity index is 4190. The Morgan fingerprint density at radius 1 is 0.288 bits per heavy atom. The second-order valence-electron chi connectivity index (χ2n) is 20.4. The third kappa shape index (κ3) is 5.94. The molecule has 73 heavy (non-hydrogen) atoms. The summed E-state index contributed by atoms with van der Waals surface area (Å²) in [6.07, 6.45) is 0. The SMILES string of the molecule is CC1(C)c2ccccc2-c2ccc(N(c3ccc4c(c3)C3(c5ccccc5-c5ccc(N(c6ccccc6)c6ccc7c(c6)oc6ccccc67)cc53)c3ccccc3-4)c3ccccc3-c3ccccc3)cc21. The summed E-state index contributed by atoms with van der Waals surface area (Å²) in [5, 5.41) is 2.23. The van der Waals surface area contributed by atoms with Gasteiger partial charge in [0.05, 0.1) is 11.1 Å². The summed E-state index contributed by atoms with van der Waals surface area (Å²) in [7, 11) is 0. The van der Waals surface area contributed by atoms with Gasteiger partial charge in [0.15, 0.2) is 0 Å². The quantitative estimate of drug-likeness (QED) is 0.159. The molecule has 0 N–H and O–H groups in total. The van der Waals surface area contributed by atoms with Crippen LogP contribution < -0.4 is 9.80 Å². The first-order valence-electron chi connectivity index (χ1n) is 25.4. The Morgan fingerprint density at radius 2 is 0.726 bits per heavy atom. The van der Waals surface area contributed by atoms with Crippen molar-refractivity contribution in [2.24, 2.45) is 0 Å². The molecule has 11 aromatic carbocycles. The topological polar surface area (TPSA) is 19.6 Å². The van der Waals surface area contributed by atoms with Crippen LogP contribution in [-0.4, -0.2) is 0 Å². The van der Waals surface area contributed by atoms with Crippen LogP contribution in [0.5, 0.6) is 0 Å². The molecule has 0 fully saturated rings. The number of hydrogen-bond acceptors (Lipinski definition) is 3. The van der Waals surface area contributed by atoms with Crippen molar-refractivity contribution >= 4 is 56.1 Å². The van der Waals surface area contributed by atoms with Gasteiger partial charge in [-0.25, -0.2) is 0 Å². The van der Waals surface area contributed by atoms with Crippen LogP contribution in [0.1, 0.15) is 47.2 Å². The maximum absolute atomic E-state index is 6.53. The van der Waals surface area contributed by atoms with Crippen molar-refractivity contribution in [3.05, 3.63) is 288 Å². The molecular weight excluding hydrogens is 885 g/mol. The van der Waals surface area contributed by atoms with Crippen molar-refractivity contribution in [2.45, 2.75) is 24.7 Å². The summed E-state index contributed by atoms with van der Waals surface area (Å²) in [5.74, 6) is 0. The lowest BCUT2D eigenvalue weighted by Crippen LogP contribution is -2.26. The lowest BCUT2D eigenvalue weighted by atomic mass is 9.70. The van der Waals surface area contributed by atoms with Gasteiger partial charge < -0.3 is 14.2 Å². The number of benzene rings is 11. The molecule has 1 unspecified atom stereocenters. The number of rotatable bonds is 7. The van der Waals surface area contributed by atoms with Crippen molar-refractivity contribution in [3.8, 4) is 44.5 Å². The van der Waals surface area contributed by atoms with E-state index in [4.69, 9.17) is 4.42 Å². The minimum absolute atomic E-state index is 0.170. The van der Waals surface area contributed by atoms with Crippen LogP contribution in [0.15, 0.2) is 259 Å². The monoisotopic (exact) mass is 932 g/mol. The standard InChI is InChI=1S/C70H48N2O/c1-69(2)60-28-14-9-24-52(60)55-37-34-48(41-63(55)69)72(66-31-17-12-23-51(66)45-19-5-3-6-20-45)49-35-39-57-54-26-11-16-30-62(54)70(65(57)43-49)61-29-15-10-25-53(61)56-38-33-47(42-64(56)70)71(46-21-7-4-8-22-46)50-36-40-59-58-27-13-18-32-67(58)73-68(59)44-50/h3-44H,1-2H3. The van der Waals surface area contributed by atoms with Crippen LogP contribution >= 0.6 is 0 Å². The predicted octanol–water partition coefficient (Wildman–Crippen LogP) is 18.8. The van der Waals surface area contributed by atoms with E-state index in [0.29, 0.717) is 0 Å². The zero-order valence-corrected chi connectivity index (χ0v) is 40.6. The van der Waals surface area contributed by atoms with Crippen LogP contribution in [0.3, 0.4) is 0 Å². The van der Waals surface area contributed by atoms with Gasteiger partial charge in [0.25, 0.3) is 0 Å². The van der Waals surface area contributed by atoms with E-state index in [2.05, 4.69) is 272 Å². The molecule has 1 atom stereocenters. The Balaban J connectivity index is 0.972. The summed E-state index contributed by atoms with van der Waals surface area (Å²) in [5.41, 5.74) is 25.4. The van der Waals surface area contributed by atoms with Gasteiger partial charge in [-0.1, -0.05) is 190 Å². The second-order valence-corrected chi connectivity index (χ2v) is 20.4. The lowest BCUT2D eigenvalue weighted by molar-refractivity contribution is 0.660. The van der Waals surface area contributed by atoms with Gasteiger partial charge in [-0.3, -0.25) is 0 Å². The number of fused-ring (bicyclic) bond motifs is 16. The molecule has 0 aliphatic heterocycles. The highest BCUT2D eigenvalue weighted by Crippen LogP contribution is 2.64. The average Bonchev–Trinajstić information content (AvgIpc) is 4.17. The third-order valence-electron chi connectivity index (χ3n) is 16.3. The first kappa shape index (κ1) is 41.6. The van der Waals surface area contributed by atoms with Gasteiger partial charge in [-0.2, -0.15) is 0 Å². The molecular formula is C70H48N2O. The summed E-state index contributed by atoms with van der Waals surface area (Å²) in [6.45, 7) is 4.75. The van der Waals surface area contributed by atoms with Crippen molar-refractivity contribution in [2.75, 3.05) is 9.80 Å². The molecule has 0 saturated carbocycles. The van der Waals surface area contributed by atoms with Gasteiger partial charge in [0, 0.05) is 56.3 Å². The number of para-hydroxylation sites is 3. The van der Waals surface area contributed by atoms with Crippen molar-refractivity contribution in [1.82, 2.24) is 0 Å². The van der Waals surface area contributed by atoms with Gasteiger partial charge in [0.2, 0.25) is 0 Å². The van der Waals surface area contributed by atoms with E-state index in [1.807, 2.05) is 6.07 Å². The van der Waals surface area contributed by atoms with Gasteiger partial charge in [-0.05, 0) is 145 Å². The third-order valence-corrected chi connectivity index (χ3v) is 16.3. The average molecular weight is 933 g/mol. The molecule has 0 amide bonds. The molecule has 1 spiro atoms. The Hall–Kier alpha value is -9.18. The molecule has 3 aliphatic rings. The predicted molar refractivity (Wildman–Crippen MR) is 302 cm³/mol. The fourth-order valence-corrected chi connectivity index (χ4v) is 13.1. The Kier molecular flexibility index (Phi) is 8.92. The summed E-state index contributed by atoms with van der Waals surface area (Å²) >= 11 is 0. The highest BCUT2D eigenvalue weighted by molar-refractivity contribution is 6.06. The molecule has 15 rings (SSSR count). The summed E-state index contributed by atoms with van der Waals surface area (Å²) in [4.78, 5) is 4.90. The molecule has 1 aromatic heterocycles. The fraction of sp³-hybridized carbons (Fsp3) is 0.0571. The largest absolute Gasteiger partial charge is 0.456 e. The smallest absolute Gasteiger partial charge is 0.137 e. The molecule has 0 radical (unpaired) electrons. The first-order valence-corrected chi connectivity index (χ1v) is 25.4. The maximum Gasteiger partial charge on any atom is 0.137 e. The number of nitrogens with zero attached hydrogens (tertiary/aromatic N) is 2. The zero-order valence-electron chi connectivity index (χ0n) is 40.6. The van der Waals surface area contributed by atoms with Crippen LogP contribution in [0.25, 0.3) is 66.4 Å². The van der Waals surface area contributed by atoms with E-state index in [-0.39, 0.29) is 5.41 Å². The number of anilines is 6. The van der Waals surface area contributed by atoms with E-state index in [1.54, 1.807) is 0 Å². The second kappa shape index (κ2) is 15.7. The van der Waals surface area contributed by atoms with Gasteiger partial charge in [0.1, 0.15) is 11.2 Å². The Morgan fingerprint density at radius 3 is 1.38 bits per heavy atom. The lowest BCUT2D eigenvalue weighted by Gasteiger charge is -2.34. The number of hydrogen-bond donors (Lipinski definition) is 0. The summed E-state index contributed by atoms with van der Waals surface area (Å²) < 4.78 is 6.53. The van der Waals surface area contributed by atoms with E-state index < -0.39 is 5.41 Å². The van der Waals surface area contributed by atoms with Crippen molar-refractivity contribution in [1.29, 1.82) is 0 Å². The molecule has 0 bridgehead atoms. The van der Waals surface area contributed by atoms with E-state index in [9.17, 15) is 0 Å². The van der Waals surface area contributed by atoms with Crippen LogP contribution in [0.2, 0.25) is 0 Å². The van der Waals surface area contributed by atoms with Crippen LogP contribution in [-0.2, 0) is 10.8 Å². The molecule has 12 aromatic rings. The first-order chi connectivity index (χ1) is 36.0. The molecule has 3 aliphatic carbocycles.